The number of benzene rings is 1. The lowest BCUT2D eigenvalue weighted by Crippen LogP contribution is -2.42. The molecule has 2 aliphatic rings. The van der Waals surface area contributed by atoms with E-state index in [1.165, 1.54) is 24.0 Å². The van der Waals surface area contributed by atoms with Gasteiger partial charge in [0, 0.05) is 12.6 Å². The molecule has 1 aromatic rings. The third-order valence-electron chi connectivity index (χ3n) is 4.78. The normalized spacial score (nSPS) is 27.4. The Kier molecular flexibility index (Phi) is 3.79. The first kappa shape index (κ1) is 13.6. The van der Waals surface area contributed by atoms with E-state index >= 15 is 0 Å². The number of carboxylic acids is 1. The van der Waals surface area contributed by atoms with E-state index in [9.17, 15) is 4.79 Å². The Morgan fingerprint density at radius 2 is 1.95 bits per heavy atom. The summed E-state index contributed by atoms with van der Waals surface area (Å²) in [6.07, 6.45) is 4.24. The van der Waals surface area contributed by atoms with Crippen LogP contribution in [0, 0.1) is 5.92 Å². The van der Waals surface area contributed by atoms with E-state index < -0.39 is 5.97 Å². The molecule has 2 unspecified atom stereocenters. The summed E-state index contributed by atoms with van der Waals surface area (Å²) < 4.78 is 0. The highest BCUT2D eigenvalue weighted by atomic mass is 16.4. The lowest BCUT2D eigenvalue weighted by molar-refractivity contribution is -0.144. The fraction of sp³-hybridized carbons (Fsp3) is 0.588. The van der Waals surface area contributed by atoms with Crippen LogP contribution in [0.1, 0.15) is 49.7 Å². The number of hydrogen-bond donors (Lipinski definition) is 1. The molecule has 1 heterocycles. The highest BCUT2D eigenvalue weighted by Crippen LogP contribution is 2.40. The predicted octanol–water partition coefficient (Wildman–Crippen LogP) is 3.25. The standard InChI is InChI=1S/C17H23NO2/c1-12-10-16(17(19)20)8-9-18(12)11-13-2-4-14(5-3-13)15-6-7-15/h2-5,12,15-16H,6-11H2,1H3,(H,19,20). The van der Waals surface area contributed by atoms with Crippen molar-refractivity contribution in [1.29, 1.82) is 0 Å². The fourth-order valence-corrected chi connectivity index (χ4v) is 3.23. The van der Waals surface area contributed by atoms with Crippen LogP contribution >= 0.6 is 0 Å². The molecule has 108 valence electrons. The van der Waals surface area contributed by atoms with Gasteiger partial charge in [0.2, 0.25) is 0 Å². The summed E-state index contributed by atoms with van der Waals surface area (Å²) in [5.74, 6) is 0.0260. The summed E-state index contributed by atoms with van der Waals surface area (Å²) in [5, 5.41) is 9.10. The molecule has 1 N–H and O–H groups in total. The number of rotatable bonds is 4. The molecule has 0 radical (unpaired) electrons. The Bertz CT molecular complexity index is 478. The largest absolute Gasteiger partial charge is 0.481 e. The SMILES string of the molecule is CC1CC(C(=O)O)CCN1Cc1ccc(C2CC2)cc1. The lowest BCUT2D eigenvalue weighted by Gasteiger charge is -2.36. The average molecular weight is 273 g/mol. The predicted molar refractivity (Wildman–Crippen MR) is 78.6 cm³/mol. The molecular weight excluding hydrogens is 250 g/mol. The minimum absolute atomic E-state index is 0.154. The molecule has 1 aromatic carbocycles. The second-order valence-corrected chi connectivity index (χ2v) is 6.39. The first-order chi connectivity index (χ1) is 9.63. The molecule has 1 aliphatic carbocycles. The molecule has 1 saturated carbocycles. The third-order valence-corrected chi connectivity index (χ3v) is 4.78. The summed E-state index contributed by atoms with van der Waals surface area (Å²) in [7, 11) is 0. The topological polar surface area (TPSA) is 40.5 Å². The number of likely N-dealkylation sites (tertiary alicyclic amines) is 1. The van der Waals surface area contributed by atoms with Crippen LogP contribution in [0.5, 0.6) is 0 Å². The number of carboxylic acid groups (broad SMARTS) is 1. The highest BCUT2D eigenvalue weighted by molar-refractivity contribution is 5.70. The molecule has 1 aliphatic heterocycles. The number of carbonyl (C=O) groups is 1. The van der Waals surface area contributed by atoms with Crippen LogP contribution in [0.2, 0.25) is 0 Å². The van der Waals surface area contributed by atoms with E-state index in [-0.39, 0.29) is 5.92 Å². The first-order valence-corrected chi connectivity index (χ1v) is 7.69. The smallest absolute Gasteiger partial charge is 0.306 e. The van der Waals surface area contributed by atoms with Gasteiger partial charge in [-0.25, -0.2) is 0 Å². The fourth-order valence-electron chi connectivity index (χ4n) is 3.23. The Labute approximate surface area is 120 Å². The molecule has 0 bridgehead atoms. The Hall–Kier alpha value is -1.35. The molecule has 0 aromatic heterocycles. The van der Waals surface area contributed by atoms with Crippen LogP contribution in [-0.2, 0) is 11.3 Å². The molecule has 20 heavy (non-hydrogen) atoms. The molecule has 1 saturated heterocycles. The summed E-state index contributed by atoms with van der Waals surface area (Å²) in [6.45, 7) is 3.98. The minimum atomic E-state index is -0.634. The van der Waals surface area contributed by atoms with Crippen LogP contribution in [0.25, 0.3) is 0 Å². The quantitative estimate of drug-likeness (QED) is 0.915. The first-order valence-electron chi connectivity index (χ1n) is 7.69. The van der Waals surface area contributed by atoms with Crippen LogP contribution < -0.4 is 0 Å². The van der Waals surface area contributed by atoms with Gasteiger partial charge in [-0.3, -0.25) is 9.69 Å². The van der Waals surface area contributed by atoms with Crippen LogP contribution in [0.4, 0.5) is 0 Å². The van der Waals surface area contributed by atoms with Gasteiger partial charge in [-0.1, -0.05) is 24.3 Å². The zero-order valence-corrected chi connectivity index (χ0v) is 12.1. The lowest BCUT2D eigenvalue weighted by atomic mass is 9.91. The van der Waals surface area contributed by atoms with Gasteiger partial charge in [0.05, 0.1) is 5.92 Å². The Morgan fingerprint density at radius 3 is 2.50 bits per heavy atom. The van der Waals surface area contributed by atoms with Crippen LogP contribution in [-0.4, -0.2) is 28.6 Å². The number of nitrogens with zero attached hydrogens (tertiary/aromatic N) is 1. The van der Waals surface area contributed by atoms with Gasteiger partial charge < -0.3 is 5.11 Å². The Balaban J connectivity index is 1.58. The summed E-state index contributed by atoms with van der Waals surface area (Å²) in [5.41, 5.74) is 2.82. The second kappa shape index (κ2) is 5.57. The summed E-state index contributed by atoms with van der Waals surface area (Å²) >= 11 is 0. The minimum Gasteiger partial charge on any atom is -0.481 e. The van der Waals surface area contributed by atoms with Crippen molar-refractivity contribution >= 4 is 5.97 Å². The number of hydrogen-bond acceptors (Lipinski definition) is 2. The van der Waals surface area contributed by atoms with Gasteiger partial charge in [0.15, 0.2) is 0 Å². The van der Waals surface area contributed by atoms with Crippen molar-refractivity contribution in [1.82, 2.24) is 4.90 Å². The maximum absolute atomic E-state index is 11.1. The zero-order valence-electron chi connectivity index (χ0n) is 12.1. The molecule has 3 nitrogen and oxygen atoms in total. The van der Waals surface area contributed by atoms with E-state index in [4.69, 9.17) is 5.11 Å². The van der Waals surface area contributed by atoms with Crippen molar-refractivity contribution in [3.05, 3.63) is 35.4 Å². The molecule has 0 spiro atoms. The second-order valence-electron chi connectivity index (χ2n) is 6.39. The molecule has 2 fully saturated rings. The van der Waals surface area contributed by atoms with Gasteiger partial charge >= 0.3 is 5.97 Å². The summed E-state index contributed by atoms with van der Waals surface area (Å²) in [6, 6.07) is 9.37. The van der Waals surface area contributed by atoms with Crippen molar-refractivity contribution < 1.29 is 9.90 Å². The highest BCUT2D eigenvalue weighted by Gasteiger charge is 2.29. The molecular formula is C17H23NO2. The van der Waals surface area contributed by atoms with Gasteiger partial charge in [0.25, 0.3) is 0 Å². The van der Waals surface area contributed by atoms with Crippen molar-refractivity contribution in [2.24, 2.45) is 5.92 Å². The van der Waals surface area contributed by atoms with Crippen molar-refractivity contribution in [3.8, 4) is 0 Å². The van der Waals surface area contributed by atoms with E-state index in [2.05, 4.69) is 36.1 Å². The maximum Gasteiger partial charge on any atom is 0.306 e. The maximum atomic E-state index is 11.1. The molecule has 3 heteroatoms. The Morgan fingerprint density at radius 1 is 1.25 bits per heavy atom. The van der Waals surface area contributed by atoms with Gasteiger partial charge in [0.1, 0.15) is 0 Å². The number of aliphatic carboxylic acids is 1. The van der Waals surface area contributed by atoms with E-state index in [1.54, 1.807) is 0 Å². The van der Waals surface area contributed by atoms with Crippen molar-refractivity contribution in [2.45, 2.75) is 51.1 Å². The van der Waals surface area contributed by atoms with Gasteiger partial charge in [-0.05, 0) is 56.2 Å². The average Bonchev–Trinajstić information content (AvgIpc) is 3.26. The summed E-state index contributed by atoms with van der Waals surface area (Å²) in [4.78, 5) is 13.5. The van der Waals surface area contributed by atoms with E-state index in [0.717, 1.165) is 31.8 Å². The van der Waals surface area contributed by atoms with Crippen molar-refractivity contribution in [2.75, 3.05) is 6.54 Å². The van der Waals surface area contributed by atoms with Gasteiger partial charge in [-0.15, -0.1) is 0 Å². The van der Waals surface area contributed by atoms with Crippen LogP contribution in [0.15, 0.2) is 24.3 Å². The third kappa shape index (κ3) is 3.04. The van der Waals surface area contributed by atoms with Gasteiger partial charge in [-0.2, -0.15) is 0 Å². The van der Waals surface area contributed by atoms with E-state index in [0.29, 0.717) is 6.04 Å². The number of piperidine rings is 1. The van der Waals surface area contributed by atoms with Crippen molar-refractivity contribution in [3.63, 3.8) is 0 Å². The zero-order chi connectivity index (χ0) is 14.1. The monoisotopic (exact) mass is 273 g/mol. The van der Waals surface area contributed by atoms with Crippen LogP contribution in [0.3, 0.4) is 0 Å². The molecule has 0 amide bonds. The molecule has 2 atom stereocenters. The van der Waals surface area contributed by atoms with E-state index in [1.807, 2.05) is 0 Å². The molecule has 3 rings (SSSR count).